The summed E-state index contributed by atoms with van der Waals surface area (Å²) in [5.41, 5.74) is 1.71. The molecule has 0 radical (unpaired) electrons. The number of aliphatic hydroxyl groups is 1. The maximum Gasteiger partial charge on any atom is 0.184 e. The first-order valence-electron chi connectivity index (χ1n) is 7.68. The minimum absolute atomic E-state index is 0.0304. The van der Waals surface area contributed by atoms with Crippen molar-refractivity contribution in [2.24, 2.45) is 11.8 Å². The highest BCUT2D eigenvalue weighted by Crippen LogP contribution is 2.34. The van der Waals surface area contributed by atoms with Crippen LogP contribution in [0.25, 0.3) is 0 Å². The second-order valence-electron chi connectivity index (χ2n) is 6.17. The quantitative estimate of drug-likeness (QED) is 0.848. The molecule has 5 unspecified atom stereocenters. The molecule has 4 nitrogen and oxygen atoms in total. The van der Waals surface area contributed by atoms with Gasteiger partial charge in [0.05, 0.1) is 25.9 Å². The molecule has 1 aromatic rings. The van der Waals surface area contributed by atoms with Crippen LogP contribution >= 0.6 is 0 Å². The van der Waals surface area contributed by atoms with E-state index >= 15 is 0 Å². The first kappa shape index (κ1) is 17.0. The summed E-state index contributed by atoms with van der Waals surface area (Å²) in [5, 5.41) is 10.3. The summed E-state index contributed by atoms with van der Waals surface area (Å²) < 4.78 is 17.1. The van der Waals surface area contributed by atoms with Crippen molar-refractivity contribution in [1.82, 2.24) is 0 Å². The second kappa shape index (κ2) is 7.27. The van der Waals surface area contributed by atoms with Crippen molar-refractivity contribution in [3.05, 3.63) is 42.0 Å². The Kier molecular flexibility index (Phi) is 5.62. The SMILES string of the molecule is C=C(C)C(O)C(C)C1OC(c2ccc(OC)cc2)OCC1C. The predicted molar refractivity (Wildman–Crippen MR) is 85.7 cm³/mol. The molecule has 2 rings (SSSR count). The fraction of sp³-hybridized carbons (Fsp3) is 0.556. The third kappa shape index (κ3) is 3.69. The molecule has 1 saturated heterocycles. The molecule has 1 aromatic carbocycles. The van der Waals surface area contributed by atoms with Crippen LogP contribution in [0.5, 0.6) is 5.75 Å². The lowest BCUT2D eigenvalue weighted by atomic mass is 9.86. The van der Waals surface area contributed by atoms with E-state index in [4.69, 9.17) is 14.2 Å². The normalized spacial score (nSPS) is 28.0. The van der Waals surface area contributed by atoms with E-state index in [-0.39, 0.29) is 17.9 Å². The minimum Gasteiger partial charge on any atom is -0.497 e. The van der Waals surface area contributed by atoms with Gasteiger partial charge in [0.2, 0.25) is 0 Å². The molecule has 5 atom stereocenters. The van der Waals surface area contributed by atoms with Crippen molar-refractivity contribution in [2.45, 2.75) is 39.3 Å². The molecule has 0 bridgehead atoms. The first-order valence-corrected chi connectivity index (χ1v) is 7.68. The topological polar surface area (TPSA) is 47.9 Å². The van der Waals surface area contributed by atoms with Crippen LogP contribution in [0.15, 0.2) is 36.4 Å². The lowest BCUT2D eigenvalue weighted by Crippen LogP contribution is -2.43. The van der Waals surface area contributed by atoms with Crippen LogP contribution in [0.2, 0.25) is 0 Å². The summed E-state index contributed by atoms with van der Waals surface area (Å²) in [5.74, 6) is 0.992. The summed E-state index contributed by atoms with van der Waals surface area (Å²) >= 11 is 0. The molecule has 1 heterocycles. The van der Waals surface area contributed by atoms with Gasteiger partial charge in [-0.25, -0.2) is 0 Å². The smallest absolute Gasteiger partial charge is 0.184 e. The summed E-state index contributed by atoms with van der Waals surface area (Å²) in [4.78, 5) is 0. The standard InChI is InChI=1S/C18H26O4/c1-11(2)16(19)13(4)17-12(3)10-21-18(22-17)14-6-8-15(20-5)9-7-14/h6-9,12-13,16-19H,1,10H2,2-5H3. The van der Waals surface area contributed by atoms with Gasteiger partial charge in [-0.1, -0.05) is 38.1 Å². The molecule has 122 valence electrons. The third-order valence-corrected chi connectivity index (χ3v) is 4.26. The van der Waals surface area contributed by atoms with Crippen LogP contribution < -0.4 is 4.74 Å². The largest absolute Gasteiger partial charge is 0.497 e. The van der Waals surface area contributed by atoms with Crippen molar-refractivity contribution in [3.8, 4) is 5.75 Å². The van der Waals surface area contributed by atoms with Crippen LogP contribution in [-0.4, -0.2) is 31.0 Å². The number of benzene rings is 1. The Balaban J connectivity index is 2.11. The van der Waals surface area contributed by atoms with Crippen molar-refractivity contribution >= 4 is 0 Å². The van der Waals surface area contributed by atoms with Crippen LogP contribution in [0, 0.1) is 11.8 Å². The van der Waals surface area contributed by atoms with E-state index in [0.717, 1.165) is 16.9 Å². The van der Waals surface area contributed by atoms with Crippen molar-refractivity contribution in [3.63, 3.8) is 0 Å². The van der Waals surface area contributed by atoms with Gasteiger partial charge in [0.15, 0.2) is 6.29 Å². The van der Waals surface area contributed by atoms with Gasteiger partial charge in [-0.2, -0.15) is 0 Å². The highest BCUT2D eigenvalue weighted by atomic mass is 16.7. The Morgan fingerprint density at radius 1 is 1.36 bits per heavy atom. The third-order valence-electron chi connectivity index (χ3n) is 4.26. The van der Waals surface area contributed by atoms with E-state index in [1.807, 2.05) is 38.1 Å². The number of ether oxygens (including phenoxy) is 3. The van der Waals surface area contributed by atoms with E-state index in [1.165, 1.54) is 0 Å². The van der Waals surface area contributed by atoms with Gasteiger partial charge in [0.25, 0.3) is 0 Å². The lowest BCUT2D eigenvalue weighted by Gasteiger charge is -2.39. The highest BCUT2D eigenvalue weighted by molar-refractivity contribution is 5.28. The van der Waals surface area contributed by atoms with Crippen LogP contribution in [-0.2, 0) is 9.47 Å². The van der Waals surface area contributed by atoms with Crippen LogP contribution in [0.4, 0.5) is 0 Å². The zero-order valence-corrected chi connectivity index (χ0v) is 13.8. The Bertz CT molecular complexity index is 496. The molecule has 4 heteroatoms. The molecule has 0 spiro atoms. The van der Waals surface area contributed by atoms with E-state index in [1.54, 1.807) is 7.11 Å². The fourth-order valence-electron chi connectivity index (χ4n) is 2.86. The number of hydrogen-bond donors (Lipinski definition) is 1. The van der Waals surface area contributed by atoms with Gasteiger partial charge >= 0.3 is 0 Å². The molecule has 0 saturated carbocycles. The van der Waals surface area contributed by atoms with Gasteiger partial charge in [-0.15, -0.1) is 0 Å². The molecule has 1 aliphatic rings. The monoisotopic (exact) mass is 306 g/mol. The molecule has 0 amide bonds. The molecule has 1 fully saturated rings. The van der Waals surface area contributed by atoms with Crippen molar-refractivity contribution < 1.29 is 19.3 Å². The van der Waals surface area contributed by atoms with E-state index in [9.17, 15) is 5.11 Å². The van der Waals surface area contributed by atoms with Crippen LogP contribution in [0.1, 0.15) is 32.6 Å². The minimum atomic E-state index is -0.568. The highest BCUT2D eigenvalue weighted by Gasteiger charge is 2.36. The molecule has 1 aliphatic heterocycles. The zero-order chi connectivity index (χ0) is 16.3. The number of rotatable bonds is 5. The van der Waals surface area contributed by atoms with Gasteiger partial charge in [0.1, 0.15) is 5.75 Å². The summed E-state index contributed by atoms with van der Waals surface area (Å²) in [7, 11) is 1.64. The number of hydrogen-bond acceptors (Lipinski definition) is 4. The van der Waals surface area contributed by atoms with Gasteiger partial charge in [-0.3, -0.25) is 0 Å². The molecule has 0 aromatic heterocycles. The van der Waals surface area contributed by atoms with Crippen molar-refractivity contribution in [1.29, 1.82) is 0 Å². The summed E-state index contributed by atoms with van der Waals surface area (Å²) in [6.07, 6.45) is -1.05. The Hall–Kier alpha value is -1.36. The average molecular weight is 306 g/mol. The Labute approximate surface area is 132 Å². The fourth-order valence-corrected chi connectivity index (χ4v) is 2.86. The average Bonchev–Trinajstić information content (AvgIpc) is 2.54. The second-order valence-corrected chi connectivity index (χ2v) is 6.17. The molecular weight excluding hydrogens is 280 g/mol. The summed E-state index contributed by atoms with van der Waals surface area (Å²) in [6.45, 7) is 10.4. The first-order chi connectivity index (χ1) is 10.4. The Morgan fingerprint density at radius 2 is 2.00 bits per heavy atom. The van der Waals surface area contributed by atoms with Crippen molar-refractivity contribution in [2.75, 3.05) is 13.7 Å². The van der Waals surface area contributed by atoms with Gasteiger partial charge in [0, 0.05) is 17.4 Å². The summed E-state index contributed by atoms with van der Waals surface area (Å²) in [6, 6.07) is 7.66. The Morgan fingerprint density at radius 3 is 2.55 bits per heavy atom. The number of methoxy groups -OCH3 is 1. The maximum atomic E-state index is 10.3. The molecule has 0 aliphatic carbocycles. The van der Waals surface area contributed by atoms with Gasteiger partial charge in [-0.05, 0) is 19.1 Å². The molecule has 1 N–H and O–H groups in total. The van der Waals surface area contributed by atoms with E-state index in [2.05, 4.69) is 13.5 Å². The van der Waals surface area contributed by atoms with E-state index in [0.29, 0.717) is 6.61 Å². The lowest BCUT2D eigenvalue weighted by molar-refractivity contribution is -0.254. The van der Waals surface area contributed by atoms with E-state index < -0.39 is 12.4 Å². The van der Waals surface area contributed by atoms with Gasteiger partial charge < -0.3 is 19.3 Å². The molecule has 22 heavy (non-hydrogen) atoms. The predicted octanol–water partition coefficient (Wildman–Crippen LogP) is 3.32. The molecular formula is C18H26O4. The number of aliphatic hydroxyl groups excluding tert-OH is 1. The zero-order valence-electron chi connectivity index (χ0n) is 13.8. The van der Waals surface area contributed by atoms with Crippen LogP contribution in [0.3, 0.4) is 0 Å². The maximum absolute atomic E-state index is 10.3.